The molecule has 1 amide bonds. The maximum Gasteiger partial charge on any atom is 0.253 e. The SMILES string of the molecule is COC[C@@H]1[C@H](NC(=O)c2cc(N3CCCCC3)ccc2Cl)[C@@H]2CCO[C@H]12. The highest BCUT2D eigenvalue weighted by molar-refractivity contribution is 6.34. The van der Waals surface area contributed by atoms with Crippen LogP contribution in [0.5, 0.6) is 0 Å². The maximum atomic E-state index is 12.9. The van der Waals surface area contributed by atoms with Gasteiger partial charge in [0.15, 0.2) is 0 Å². The standard InChI is InChI=1S/C20H27ClN2O3/c1-25-12-16-18(14-7-10-26-19(14)16)22-20(24)15-11-13(5-6-17(15)21)23-8-3-2-4-9-23/h5-6,11,14,16,18-19H,2-4,7-10,12H2,1H3,(H,22,24)/t14-,16+,18+,19-/m0/s1. The Labute approximate surface area is 160 Å². The second kappa shape index (κ2) is 7.75. The molecule has 0 aromatic heterocycles. The van der Waals surface area contributed by atoms with E-state index in [1.807, 2.05) is 18.2 Å². The van der Waals surface area contributed by atoms with Gasteiger partial charge in [-0.1, -0.05) is 11.6 Å². The second-order valence-electron chi connectivity index (χ2n) is 7.62. The average Bonchev–Trinajstić information content (AvgIpc) is 3.09. The first-order valence-corrected chi connectivity index (χ1v) is 10.0. The molecule has 3 aliphatic rings. The Morgan fingerprint density at radius 3 is 2.92 bits per heavy atom. The molecule has 1 aromatic carbocycles. The minimum Gasteiger partial charge on any atom is -0.384 e. The van der Waals surface area contributed by atoms with E-state index >= 15 is 0 Å². The summed E-state index contributed by atoms with van der Waals surface area (Å²) in [6, 6.07) is 5.90. The molecule has 0 spiro atoms. The molecule has 0 bridgehead atoms. The highest BCUT2D eigenvalue weighted by Gasteiger charge is 2.54. The molecule has 1 aromatic rings. The molecule has 1 aliphatic carbocycles. The Balaban J connectivity index is 1.48. The van der Waals surface area contributed by atoms with E-state index in [4.69, 9.17) is 21.1 Å². The molecule has 0 radical (unpaired) electrons. The third-order valence-corrected chi connectivity index (χ3v) is 6.43. The lowest BCUT2D eigenvalue weighted by molar-refractivity contribution is -0.0809. The zero-order chi connectivity index (χ0) is 18.1. The largest absolute Gasteiger partial charge is 0.384 e. The number of carbonyl (C=O) groups is 1. The van der Waals surface area contributed by atoms with E-state index in [-0.39, 0.29) is 24.0 Å². The van der Waals surface area contributed by atoms with Gasteiger partial charge in [-0.15, -0.1) is 0 Å². The van der Waals surface area contributed by atoms with E-state index in [0.717, 1.165) is 31.8 Å². The fourth-order valence-electron chi connectivity index (χ4n) is 4.70. The lowest BCUT2D eigenvalue weighted by atomic mass is 9.67. The number of methoxy groups -OCH3 is 1. The van der Waals surface area contributed by atoms with Gasteiger partial charge in [-0.2, -0.15) is 0 Å². The van der Waals surface area contributed by atoms with E-state index in [1.54, 1.807) is 7.11 Å². The molecule has 142 valence electrons. The van der Waals surface area contributed by atoms with Crippen LogP contribution in [-0.4, -0.2) is 51.5 Å². The number of benzene rings is 1. The molecule has 5 nitrogen and oxygen atoms in total. The number of fused-ring (bicyclic) bond motifs is 1. The van der Waals surface area contributed by atoms with E-state index in [9.17, 15) is 4.79 Å². The fourth-order valence-corrected chi connectivity index (χ4v) is 4.90. The molecule has 2 heterocycles. The van der Waals surface area contributed by atoms with Gasteiger partial charge in [0.25, 0.3) is 5.91 Å². The normalized spacial score (nSPS) is 30.6. The van der Waals surface area contributed by atoms with Crippen LogP contribution in [0.4, 0.5) is 5.69 Å². The Kier molecular flexibility index (Phi) is 5.39. The van der Waals surface area contributed by atoms with Crippen molar-refractivity contribution >= 4 is 23.2 Å². The quantitative estimate of drug-likeness (QED) is 0.855. The first-order chi connectivity index (χ1) is 12.7. The van der Waals surface area contributed by atoms with Crippen LogP contribution in [0.1, 0.15) is 36.0 Å². The highest BCUT2D eigenvalue weighted by Crippen LogP contribution is 2.44. The number of hydrogen-bond acceptors (Lipinski definition) is 4. The first kappa shape index (κ1) is 18.1. The molecule has 4 rings (SSSR count). The number of nitrogens with one attached hydrogen (secondary N) is 1. The smallest absolute Gasteiger partial charge is 0.253 e. The van der Waals surface area contributed by atoms with Crippen molar-refractivity contribution < 1.29 is 14.3 Å². The number of ether oxygens (including phenoxy) is 2. The molecule has 1 saturated carbocycles. The summed E-state index contributed by atoms with van der Waals surface area (Å²) in [6.45, 7) is 3.46. The number of amides is 1. The van der Waals surface area contributed by atoms with Crippen molar-refractivity contribution in [3.63, 3.8) is 0 Å². The van der Waals surface area contributed by atoms with Gasteiger partial charge in [0.2, 0.25) is 0 Å². The van der Waals surface area contributed by atoms with Crippen molar-refractivity contribution in [1.82, 2.24) is 5.32 Å². The fraction of sp³-hybridized carbons (Fsp3) is 0.650. The Bertz CT molecular complexity index is 662. The number of piperidine rings is 1. The van der Waals surface area contributed by atoms with Gasteiger partial charge in [0, 0.05) is 50.4 Å². The van der Waals surface area contributed by atoms with Gasteiger partial charge < -0.3 is 19.7 Å². The van der Waals surface area contributed by atoms with Gasteiger partial charge in [0.1, 0.15) is 0 Å². The predicted octanol–water partition coefficient (Wildman–Crippen LogP) is 3.11. The summed E-state index contributed by atoms with van der Waals surface area (Å²) < 4.78 is 11.1. The van der Waals surface area contributed by atoms with Crippen molar-refractivity contribution in [2.45, 2.75) is 37.8 Å². The van der Waals surface area contributed by atoms with Gasteiger partial charge in [-0.05, 0) is 43.9 Å². The summed E-state index contributed by atoms with van der Waals surface area (Å²) in [4.78, 5) is 15.3. The second-order valence-corrected chi connectivity index (χ2v) is 8.03. The van der Waals surface area contributed by atoms with Crippen LogP contribution in [-0.2, 0) is 9.47 Å². The molecule has 3 fully saturated rings. The van der Waals surface area contributed by atoms with E-state index in [1.165, 1.54) is 19.3 Å². The summed E-state index contributed by atoms with van der Waals surface area (Å²) in [5, 5.41) is 3.71. The third-order valence-electron chi connectivity index (χ3n) is 6.10. The molecule has 26 heavy (non-hydrogen) atoms. The predicted molar refractivity (Wildman–Crippen MR) is 102 cm³/mol. The van der Waals surface area contributed by atoms with Crippen molar-refractivity contribution in [2.75, 3.05) is 38.3 Å². The molecule has 4 atom stereocenters. The summed E-state index contributed by atoms with van der Waals surface area (Å²) in [6.07, 6.45) is 4.90. The van der Waals surface area contributed by atoms with Crippen molar-refractivity contribution in [1.29, 1.82) is 0 Å². The van der Waals surface area contributed by atoms with E-state index < -0.39 is 0 Å². The minimum absolute atomic E-state index is 0.0923. The van der Waals surface area contributed by atoms with Crippen molar-refractivity contribution in [3.05, 3.63) is 28.8 Å². The van der Waals surface area contributed by atoms with Gasteiger partial charge >= 0.3 is 0 Å². The summed E-state index contributed by atoms with van der Waals surface area (Å²) in [7, 11) is 1.69. The molecule has 6 heteroatoms. The summed E-state index contributed by atoms with van der Waals surface area (Å²) in [5.74, 6) is 0.522. The van der Waals surface area contributed by atoms with E-state index in [2.05, 4.69) is 10.2 Å². The highest BCUT2D eigenvalue weighted by atomic mass is 35.5. The number of halogens is 1. The van der Waals surface area contributed by atoms with Gasteiger partial charge in [-0.3, -0.25) is 4.79 Å². The Morgan fingerprint density at radius 1 is 1.35 bits per heavy atom. The van der Waals surface area contributed by atoms with Gasteiger partial charge in [-0.25, -0.2) is 0 Å². The monoisotopic (exact) mass is 378 g/mol. The number of carbonyl (C=O) groups excluding carboxylic acids is 1. The first-order valence-electron chi connectivity index (χ1n) is 9.65. The lowest BCUT2D eigenvalue weighted by Crippen LogP contribution is -2.62. The molecular formula is C20H27ClN2O3. The third kappa shape index (κ3) is 3.32. The molecular weight excluding hydrogens is 352 g/mol. The van der Waals surface area contributed by atoms with Crippen LogP contribution in [0.2, 0.25) is 5.02 Å². The van der Waals surface area contributed by atoms with Crippen LogP contribution in [0.25, 0.3) is 0 Å². The Hall–Kier alpha value is -1.30. The maximum absolute atomic E-state index is 12.9. The van der Waals surface area contributed by atoms with E-state index in [0.29, 0.717) is 23.1 Å². The number of hydrogen-bond donors (Lipinski definition) is 1. The number of rotatable bonds is 5. The van der Waals surface area contributed by atoms with Crippen molar-refractivity contribution in [2.24, 2.45) is 11.8 Å². The average molecular weight is 379 g/mol. The summed E-state index contributed by atoms with van der Waals surface area (Å²) >= 11 is 6.35. The van der Waals surface area contributed by atoms with Crippen LogP contribution in [0, 0.1) is 11.8 Å². The number of anilines is 1. The topological polar surface area (TPSA) is 50.8 Å². The van der Waals surface area contributed by atoms with Crippen LogP contribution in [0.3, 0.4) is 0 Å². The molecule has 2 saturated heterocycles. The molecule has 1 N–H and O–H groups in total. The van der Waals surface area contributed by atoms with Crippen LogP contribution >= 0.6 is 11.6 Å². The Morgan fingerprint density at radius 2 is 2.15 bits per heavy atom. The van der Waals surface area contributed by atoms with Crippen LogP contribution < -0.4 is 10.2 Å². The van der Waals surface area contributed by atoms with Gasteiger partial charge in [0.05, 0.1) is 23.3 Å². The van der Waals surface area contributed by atoms with Crippen LogP contribution in [0.15, 0.2) is 18.2 Å². The molecule has 0 unspecified atom stereocenters. The lowest BCUT2D eigenvalue weighted by Gasteiger charge is -2.47. The number of nitrogens with zero attached hydrogens (tertiary/aromatic N) is 1. The minimum atomic E-state index is -0.0923. The zero-order valence-corrected chi connectivity index (χ0v) is 16.0. The summed E-state index contributed by atoms with van der Waals surface area (Å²) in [5.41, 5.74) is 1.65. The zero-order valence-electron chi connectivity index (χ0n) is 15.2. The van der Waals surface area contributed by atoms with Crippen molar-refractivity contribution in [3.8, 4) is 0 Å². The molecule has 2 aliphatic heterocycles.